The number of aliphatic hydroxyl groups excluding tert-OH is 1. The van der Waals surface area contributed by atoms with Crippen molar-refractivity contribution in [3.8, 4) is 11.3 Å². The van der Waals surface area contributed by atoms with E-state index >= 15 is 0 Å². The van der Waals surface area contributed by atoms with Gasteiger partial charge in [0.25, 0.3) is 0 Å². The number of rotatable bonds is 3. The van der Waals surface area contributed by atoms with Crippen molar-refractivity contribution in [2.45, 2.75) is 6.42 Å². The topological polar surface area (TPSA) is 37.5 Å². The molecule has 3 aromatic rings. The molecular formula is C13H11ClN2OS. The molecule has 3 nitrogen and oxygen atoms in total. The van der Waals surface area contributed by atoms with Gasteiger partial charge in [-0.1, -0.05) is 23.7 Å². The van der Waals surface area contributed by atoms with Gasteiger partial charge in [0.05, 0.1) is 5.69 Å². The summed E-state index contributed by atoms with van der Waals surface area (Å²) < 4.78 is 2.03. The minimum absolute atomic E-state index is 0.153. The molecule has 2 heterocycles. The van der Waals surface area contributed by atoms with Crippen LogP contribution in [0.2, 0.25) is 5.02 Å². The second kappa shape index (κ2) is 4.72. The van der Waals surface area contributed by atoms with Crippen molar-refractivity contribution < 1.29 is 5.11 Å². The number of halogens is 1. The molecule has 0 fully saturated rings. The zero-order valence-corrected chi connectivity index (χ0v) is 11.1. The Labute approximate surface area is 113 Å². The van der Waals surface area contributed by atoms with Gasteiger partial charge in [0, 0.05) is 40.9 Å². The van der Waals surface area contributed by atoms with Crippen LogP contribution >= 0.6 is 22.9 Å². The monoisotopic (exact) mass is 278 g/mol. The number of aliphatic hydroxyl groups is 1. The number of fused-ring (bicyclic) bond motifs is 1. The molecule has 0 radical (unpaired) electrons. The van der Waals surface area contributed by atoms with Crippen LogP contribution in [0.25, 0.3) is 16.2 Å². The van der Waals surface area contributed by atoms with Crippen LogP contribution < -0.4 is 0 Å². The second-order valence-corrected chi connectivity index (χ2v) is 5.26. The largest absolute Gasteiger partial charge is 0.396 e. The molecule has 2 aromatic heterocycles. The van der Waals surface area contributed by atoms with Gasteiger partial charge in [-0.2, -0.15) is 0 Å². The van der Waals surface area contributed by atoms with Crippen molar-refractivity contribution in [1.29, 1.82) is 0 Å². The molecule has 0 bridgehead atoms. The highest BCUT2D eigenvalue weighted by molar-refractivity contribution is 7.15. The standard InChI is InChI=1S/C13H11ClN2OS/c14-10-3-1-9(2-4-10)12-7-16-11(5-6-17)8-18-13(16)15-12/h1-4,7-8,17H,5-6H2. The summed E-state index contributed by atoms with van der Waals surface area (Å²) in [4.78, 5) is 5.52. The van der Waals surface area contributed by atoms with Gasteiger partial charge in [-0.25, -0.2) is 4.98 Å². The van der Waals surface area contributed by atoms with Gasteiger partial charge in [0.15, 0.2) is 4.96 Å². The lowest BCUT2D eigenvalue weighted by Crippen LogP contribution is -1.93. The van der Waals surface area contributed by atoms with E-state index in [0.29, 0.717) is 6.42 Å². The van der Waals surface area contributed by atoms with Gasteiger partial charge in [-0.05, 0) is 12.1 Å². The first-order valence-corrected chi connectivity index (χ1v) is 6.86. The van der Waals surface area contributed by atoms with E-state index in [1.54, 1.807) is 11.3 Å². The van der Waals surface area contributed by atoms with E-state index in [4.69, 9.17) is 16.7 Å². The Hall–Kier alpha value is -1.36. The molecule has 0 saturated carbocycles. The Morgan fingerprint density at radius 3 is 2.78 bits per heavy atom. The number of thiazole rings is 1. The van der Waals surface area contributed by atoms with E-state index in [0.717, 1.165) is 26.9 Å². The molecule has 0 aliphatic rings. The van der Waals surface area contributed by atoms with E-state index in [1.165, 1.54) is 0 Å². The Bertz CT molecular complexity index is 672. The lowest BCUT2D eigenvalue weighted by atomic mass is 10.2. The number of benzene rings is 1. The summed E-state index contributed by atoms with van der Waals surface area (Å²) in [6.07, 6.45) is 2.65. The van der Waals surface area contributed by atoms with Crippen LogP contribution in [0, 0.1) is 0 Å². The Kier molecular flexibility index (Phi) is 3.07. The van der Waals surface area contributed by atoms with Gasteiger partial charge in [-0.3, -0.25) is 4.40 Å². The summed E-state index contributed by atoms with van der Waals surface area (Å²) in [7, 11) is 0. The highest BCUT2D eigenvalue weighted by atomic mass is 35.5. The van der Waals surface area contributed by atoms with E-state index in [1.807, 2.05) is 40.2 Å². The van der Waals surface area contributed by atoms with Gasteiger partial charge in [0.2, 0.25) is 0 Å². The Morgan fingerprint density at radius 1 is 1.28 bits per heavy atom. The van der Waals surface area contributed by atoms with E-state index in [2.05, 4.69) is 4.98 Å². The Morgan fingerprint density at radius 2 is 2.06 bits per heavy atom. The quantitative estimate of drug-likeness (QED) is 0.798. The molecule has 1 aromatic carbocycles. The normalized spacial score (nSPS) is 11.2. The minimum atomic E-state index is 0.153. The lowest BCUT2D eigenvalue weighted by Gasteiger charge is -1.96. The highest BCUT2D eigenvalue weighted by Gasteiger charge is 2.09. The molecule has 3 rings (SSSR count). The average Bonchev–Trinajstić information content (AvgIpc) is 2.93. The fourth-order valence-electron chi connectivity index (χ4n) is 1.88. The molecule has 0 aliphatic heterocycles. The van der Waals surface area contributed by atoms with Crippen molar-refractivity contribution in [2.24, 2.45) is 0 Å². The van der Waals surface area contributed by atoms with Crippen molar-refractivity contribution in [1.82, 2.24) is 9.38 Å². The molecule has 0 atom stereocenters. The molecule has 5 heteroatoms. The van der Waals surface area contributed by atoms with Crippen LogP contribution in [0.4, 0.5) is 0 Å². The van der Waals surface area contributed by atoms with Crippen LogP contribution in [0.1, 0.15) is 5.69 Å². The summed E-state index contributed by atoms with van der Waals surface area (Å²) in [5.74, 6) is 0. The van der Waals surface area contributed by atoms with Crippen molar-refractivity contribution >= 4 is 27.9 Å². The second-order valence-electron chi connectivity index (χ2n) is 3.99. The first-order chi connectivity index (χ1) is 8.78. The summed E-state index contributed by atoms with van der Waals surface area (Å²) in [5.41, 5.74) is 3.06. The molecule has 18 heavy (non-hydrogen) atoms. The number of hydrogen-bond acceptors (Lipinski definition) is 3. The molecule has 0 amide bonds. The Balaban J connectivity index is 2.05. The average molecular weight is 279 g/mol. The minimum Gasteiger partial charge on any atom is -0.396 e. The van der Waals surface area contributed by atoms with E-state index < -0.39 is 0 Å². The van der Waals surface area contributed by atoms with Crippen LogP contribution in [0.3, 0.4) is 0 Å². The third-order valence-corrected chi connectivity index (χ3v) is 3.93. The molecule has 1 N–H and O–H groups in total. The predicted molar refractivity (Wildman–Crippen MR) is 74.3 cm³/mol. The van der Waals surface area contributed by atoms with Crippen molar-refractivity contribution in [3.63, 3.8) is 0 Å². The molecule has 0 unspecified atom stereocenters. The van der Waals surface area contributed by atoms with Gasteiger partial charge < -0.3 is 5.11 Å². The molecule has 92 valence electrons. The van der Waals surface area contributed by atoms with E-state index in [9.17, 15) is 0 Å². The third kappa shape index (κ3) is 2.03. The summed E-state index contributed by atoms with van der Waals surface area (Å²) in [5, 5.41) is 11.8. The number of aromatic nitrogens is 2. The summed E-state index contributed by atoms with van der Waals surface area (Å²) in [6, 6.07) is 7.64. The maximum Gasteiger partial charge on any atom is 0.194 e. The first-order valence-electron chi connectivity index (χ1n) is 5.60. The van der Waals surface area contributed by atoms with Gasteiger partial charge in [-0.15, -0.1) is 11.3 Å². The van der Waals surface area contributed by atoms with E-state index in [-0.39, 0.29) is 6.61 Å². The zero-order chi connectivity index (χ0) is 12.5. The number of imidazole rings is 1. The molecule has 0 aliphatic carbocycles. The van der Waals surface area contributed by atoms with Crippen LogP contribution in [-0.2, 0) is 6.42 Å². The summed E-state index contributed by atoms with van der Waals surface area (Å²) in [6.45, 7) is 0.153. The highest BCUT2D eigenvalue weighted by Crippen LogP contribution is 2.24. The SMILES string of the molecule is OCCc1csc2nc(-c3ccc(Cl)cc3)cn12. The van der Waals surface area contributed by atoms with Crippen LogP contribution in [0.5, 0.6) is 0 Å². The molecular weight excluding hydrogens is 268 g/mol. The predicted octanol–water partition coefficient (Wildman–Crippen LogP) is 3.25. The zero-order valence-electron chi connectivity index (χ0n) is 9.51. The summed E-state index contributed by atoms with van der Waals surface area (Å²) >= 11 is 7.46. The fraction of sp³-hybridized carbons (Fsp3) is 0.154. The maximum absolute atomic E-state index is 9.01. The smallest absolute Gasteiger partial charge is 0.194 e. The number of nitrogens with zero attached hydrogens (tertiary/aromatic N) is 2. The van der Waals surface area contributed by atoms with Crippen LogP contribution in [-0.4, -0.2) is 21.1 Å². The molecule has 0 spiro atoms. The lowest BCUT2D eigenvalue weighted by molar-refractivity contribution is 0.298. The van der Waals surface area contributed by atoms with Crippen molar-refractivity contribution in [2.75, 3.05) is 6.61 Å². The third-order valence-electron chi connectivity index (χ3n) is 2.79. The fourth-order valence-corrected chi connectivity index (χ4v) is 2.92. The van der Waals surface area contributed by atoms with Gasteiger partial charge >= 0.3 is 0 Å². The first kappa shape index (κ1) is 11.7. The van der Waals surface area contributed by atoms with Crippen LogP contribution in [0.15, 0.2) is 35.8 Å². The van der Waals surface area contributed by atoms with Gasteiger partial charge in [0.1, 0.15) is 0 Å². The molecule has 0 saturated heterocycles. The van der Waals surface area contributed by atoms with Crippen molar-refractivity contribution in [3.05, 3.63) is 46.6 Å². The maximum atomic E-state index is 9.01. The number of hydrogen-bond donors (Lipinski definition) is 1.